The van der Waals surface area contributed by atoms with Gasteiger partial charge in [0, 0.05) is 6.42 Å². The van der Waals surface area contributed by atoms with Crippen LogP contribution in [0.1, 0.15) is 50.3 Å². The number of ether oxygens (including phenoxy) is 4. The van der Waals surface area contributed by atoms with Crippen LogP contribution in [0.4, 0.5) is 0 Å². The zero-order valence-electron chi connectivity index (χ0n) is 21.8. The lowest BCUT2D eigenvalue weighted by molar-refractivity contribution is -0.149. The van der Waals surface area contributed by atoms with Crippen LogP contribution in [0.5, 0.6) is 23.0 Å². The number of rotatable bonds is 15. The van der Waals surface area contributed by atoms with Crippen molar-refractivity contribution in [2.75, 3.05) is 13.2 Å². The zero-order chi connectivity index (χ0) is 27.3. The molecule has 1 atom stereocenters. The van der Waals surface area contributed by atoms with Crippen LogP contribution >= 0.6 is 0 Å². The number of aliphatic carboxylic acids is 1. The smallest absolute Gasteiger partial charge is 0.327 e. The maximum atomic E-state index is 12.4. The lowest BCUT2D eigenvalue weighted by atomic mass is 9.97. The van der Waals surface area contributed by atoms with Gasteiger partial charge in [0.1, 0.15) is 29.0 Å². The van der Waals surface area contributed by atoms with E-state index >= 15 is 0 Å². The van der Waals surface area contributed by atoms with Gasteiger partial charge < -0.3 is 29.8 Å². The molecule has 0 aliphatic heterocycles. The number of hydrogen-bond acceptors (Lipinski definition) is 7. The normalized spacial score (nSPS) is 11.6. The fraction of sp³-hybridized carbons (Fsp3) is 0.333. The van der Waals surface area contributed by atoms with Gasteiger partial charge in [-0.3, -0.25) is 4.79 Å². The minimum Gasteiger partial charge on any atom is -0.494 e. The van der Waals surface area contributed by atoms with Gasteiger partial charge in [-0.1, -0.05) is 24.3 Å². The standard InChI is InChI=1S/C30H35NO7/c1-21(2)37-30(34)29(31)27-20-26(12-10-22(27)11-17-28(32)33)36-19-7-6-18-35-23-13-15-25(16-14-23)38-24-8-4-3-5-9-24/h3-5,8-10,12-16,20-21,29H,6-7,11,17-19,31H2,1-2H3,(H,32,33). The van der Waals surface area contributed by atoms with Gasteiger partial charge >= 0.3 is 11.9 Å². The summed E-state index contributed by atoms with van der Waals surface area (Å²) in [4.78, 5) is 23.4. The van der Waals surface area contributed by atoms with Crippen molar-refractivity contribution in [1.29, 1.82) is 0 Å². The highest BCUT2D eigenvalue weighted by atomic mass is 16.5. The molecule has 3 rings (SSSR count). The van der Waals surface area contributed by atoms with Crippen molar-refractivity contribution in [3.8, 4) is 23.0 Å². The average Bonchev–Trinajstić information content (AvgIpc) is 2.90. The number of unbranched alkanes of at least 4 members (excludes halogenated alkanes) is 1. The molecule has 0 spiro atoms. The summed E-state index contributed by atoms with van der Waals surface area (Å²) < 4.78 is 22.7. The number of carboxylic acid groups (broad SMARTS) is 1. The summed E-state index contributed by atoms with van der Waals surface area (Å²) in [5.41, 5.74) is 7.35. The largest absolute Gasteiger partial charge is 0.494 e. The second kappa shape index (κ2) is 14.6. The Labute approximate surface area is 223 Å². The number of benzene rings is 3. The van der Waals surface area contributed by atoms with Gasteiger partial charge in [0.25, 0.3) is 0 Å². The molecular formula is C30H35NO7. The van der Waals surface area contributed by atoms with Crippen LogP contribution < -0.4 is 19.9 Å². The third-order valence-corrected chi connectivity index (χ3v) is 5.55. The minimum atomic E-state index is -1.03. The zero-order valence-corrected chi connectivity index (χ0v) is 21.8. The van der Waals surface area contributed by atoms with Crippen LogP contribution in [0.15, 0.2) is 72.8 Å². The highest BCUT2D eigenvalue weighted by Crippen LogP contribution is 2.26. The molecule has 0 saturated heterocycles. The molecule has 202 valence electrons. The molecule has 3 aromatic rings. The van der Waals surface area contributed by atoms with Gasteiger partial charge in [-0.25, -0.2) is 4.79 Å². The molecule has 0 aromatic heterocycles. The van der Waals surface area contributed by atoms with E-state index in [1.165, 1.54) is 0 Å². The highest BCUT2D eigenvalue weighted by molar-refractivity contribution is 5.78. The third-order valence-electron chi connectivity index (χ3n) is 5.55. The summed E-state index contributed by atoms with van der Waals surface area (Å²) in [6.07, 6.45) is 1.42. The first-order valence-corrected chi connectivity index (χ1v) is 12.7. The Balaban J connectivity index is 1.46. The molecule has 0 radical (unpaired) electrons. The average molecular weight is 522 g/mol. The van der Waals surface area contributed by atoms with Gasteiger partial charge in [0.2, 0.25) is 0 Å². The maximum absolute atomic E-state index is 12.4. The van der Waals surface area contributed by atoms with Gasteiger partial charge in [-0.05, 0) is 92.8 Å². The molecule has 0 heterocycles. The van der Waals surface area contributed by atoms with Crippen LogP contribution in [0.25, 0.3) is 0 Å². The van der Waals surface area contributed by atoms with Crippen LogP contribution in [-0.4, -0.2) is 36.4 Å². The summed E-state index contributed by atoms with van der Waals surface area (Å²) in [7, 11) is 0. The summed E-state index contributed by atoms with van der Waals surface area (Å²) in [5, 5.41) is 9.05. The number of carbonyl (C=O) groups excluding carboxylic acids is 1. The van der Waals surface area contributed by atoms with Gasteiger partial charge in [-0.15, -0.1) is 0 Å². The first-order valence-electron chi connectivity index (χ1n) is 12.7. The lowest BCUT2D eigenvalue weighted by Gasteiger charge is -2.18. The van der Waals surface area contributed by atoms with E-state index in [2.05, 4.69) is 0 Å². The summed E-state index contributed by atoms with van der Waals surface area (Å²) >= 11 is 0. The minimum absolute atomic E-state index is 0.0675. The van der Waals surface area contributed by atoms with Crippen molar-refractivity contribution < 1.29 is 33.6 Å². The Kier molecular flexibility index (Phi) is 11.0. The van der Waals surface area contributed by atoms with E-state index < -0.39 is 18.0 Å². The van der Waals surface area contributed by atoms with E-state index in [0.29, 0.717) is 30.1 Å². The van der Waals surface area contributed by atoms with E-state index in [0.717, 1.165) is 30.1 Å². The molecule has 38 heavy (non-hydrogen) atoms. The fourth-order valence-corrected chi connectivity index (χ4v) is 3.67. The van der Waals surface area contributed by atoms with Crippen molar-refractivity contribution in [3.63, 3.8) is 0 Å². The quantitative estimate of drug-likeness (QED) is 0.194. The van der Waals surface area contributed by atoms with Crippen LogP contribution in [0, 0.1) is 0 Å². The van der Waals surface area contributed by atoms with Crippen LogP contribution in [0.2, 0.25) is 0 Å². The molecule has 3 N–H and O–H groups in total. The van der Waals surface area contributed by atoms with Crippen molar-refractivity contribution in [2.24, 2.45) is 5.73 Å². The van der Waals surface area contributed by atoms with E-state index in [1.807, 2.05) is 54.6 Å². The van der Waals surface area contributed by atoms with E-state index in [-0.39, 0.29) is 18.9 Å². The number of carbonyl (C=O) groups is 2. The summed E-state index contributed by atoms with van der Waals surface area (Å²) in [6.45, 7) is 4.48. The van der Waals surface area contributed by atoms with Gasteiger partial charge in [0.15, 0.2) is 0 Å². The maximum Gasteiger partial charge on any atom is 0.327 e. The number of hydrogen-bond donors (Lipinski definition) is 2. The van der Waals surface area contributed by atoms with Crippen molar-refractivity contribution in [1.82, 2.24) is 0 Å². The first kappa shape index (κ1) is 28.5. The Morgan fingerprint density at radius 1 is 0.816 bits per heavy atom. The van der Waals surface area contributed by atoms with Gasteiger partial charge in [0.05, 0.1) is 19.3 Å². The Morgan fingerprint density at radius 2 is 1.39 bits per heavy atom. The lowest BCUT2D eigenvalue weighted by Crippen LogP contribution is -2.27. The SMILES string of the molecule is CC(C)OC(=O)C(N)c1cc(OCCCCOc2ccc(Oc3ccccc3)cc2)ccc1CCC(=O)O. The summed E-state index contributed by atoms with van der Waals surface area (Å²) in [5.74, 6) is 1.35. The Hall–Kier alpha value is -4.04. The molecule has 0 aliphatic rings. The molecule has 8 heteroatoms. The van der Waals surface area contributed by atoms with Crippen LogP contribution in [0.3, 0.4) is 0 Å². The topological polar surface area (TPSA) is 117 Å². The fourth-order valence-electron chi connectivity index (χ4n) is 3.67. The molecule has 8 nitrogen and oxygen atoms in total. The van der Waals surface area contributed by atoms with Crippen LogP contribution in [-0.2, 0) is 20.7 Å². The second-order valence-corrected chi connectivity index (χ2v) is 9.01. The van der Waals surface area contributed by atoms with E-state index in [4.69, 9.17) is 29.8 Å². The molecule has 0 saturated carbocycles. The van der Waals surface area contributed by atoms with Crippen molar-refractivity contribution in [3.05, 3.63) is 83.9 Å². The Morgan fingerprint density at radius 3 is 2.03 bits per heavy atom. The predicted octanol–water partition coefficient (Wildman–Crippen LogP) is 5.69. The number of para-hydroxylation sites is 1. The molecule has 3 aromatic carbocycles. The predicted molar refractivity (Wildman–Crippen MR) is 144 cm³/mol. The number of nitrogens with two attached hydrogens (primary N) is 1. The molecule has 1 unspecified atom stereocenters. The number of carboxylic acids is 1. The first-order chi connectivity index (χ1) is 18.3. The highest BCUT2D eigenvalue weighted by Gasteiger charge is 2.22. The number of esters is 1. The third kappa shape index (κ3) is 9.44. The Bertz CT molecular complexity index is 1160. The molecule has 0 amide bonds. The number of aryl methyl sites for hydroxylation is 1. The molecule has 0 bridgehead atoms. The molecule has 0 aliphatic carbocycles. The van der Waals surface area contributed by atoms with Crippen molar-refractivity contribution >= 4 is 11.9 Å². The monoisotopic (exact) mass is 521 g/mol. The molecule has 0 fully saturated rings. The summed E-state index contributed by atoms with van der Waals surface area (Å²) in [6, 6.07) is 21.2. The van der Waals surface area contributed by atoms with E-state index in [9.17, 15) is 9.59 Å². The van der Waals surface area contributed by atoms with E-state index in [1.54, 1.807) is 32.0 Å². The van der Waals surface area contributed by atoms with Crippen molar-refractivity contribution in [2.45, 2.75) is 51.7 Å². The second-order valence-electron chi connectivity index (χ2n) is 9.01. The molecular weight excluding hydrogens is 486 g/mol. The van der Waals surface area contributed by atoms with Gasteiger partial charge in [-0.2, -0.15) is 0 Å².